The number of β-amino-alcohol motifs (C(OH)–C–C–N with tert-alkyl or cyclic N) is 1. The standard InChI is InChI=1S/C15H20N4O/c16-9-12-5-4-6-15(17-12)19-10-13(14(20)11-19)18-7-2-1-3-8-18/h4-6,13-14,20H,1-3,7-8,10-11H2/t13-,14-/m0/s1. The summed E-state index contributed by atoms with van der Waals surface area (Å²) in [5, 5.41) is 19.2. The lowest BCUT2D eigenvalue weighted by Gasteiger charge is -2.33. The fourth-order valence-electron chi connectivity index (χ4n) is 3.23. The predicted octanol–water partition coefficient (Wildman–Crippen LogP) is 0.989. The molecule has 1 aromatic rings. The van der Waals surface area contributed by atoms with E-state index in [0.717, 1.165) is 25.5 Å². The highest BCUT2D eigenvalue weighted by Gasteiger charge is 2.36. The van der Waals surface area contributed by atoms with Gasteiger partial charge in [-0.1, -0.05) is 12.5 Å². The summed E-state index contributed by atoms with van der Waals surface area (Å²) in [6, 6.07) is 7.73. The Bertz CT molecular complexity index is 507. The molecule has 2 atom stereocenters. The molecular formula is C15H20N4O. The Kier molecular flexibility index (Phi) is 3.86. The number of hydrogen-bond acceptors (Lipinski definition) is 5. The fraction of sp³-hybridized carbons (Fsp3) is 0.600. The summed E-state index contributed by atoms with van der Waals surface area (Å²) in [5.74, 6) is 0.794. The molecule has 2 aliphatic heterocycles. The smallest absolute Gasteiger partial charge is 0.142 e. The first kappa shape index (κ1) is 13.3. The van der Waals surface area contributed by atoms with Crippen molar-refractivity contribution < 1.29 is 5.11 Å². The zero-order valence-corrected chi connectivity index (χ0v) is 11.6. The molecule has 0 amide bonds. The fourth-order valence-corrected chi connectivity index (χ4v) is 3.23. The predicted molar refractivity (Wildman–Crippen MR) is 76.4 cm³/mol. The lowest BCUT2D eigenvalue weighted by Crippen LogP contribution is -2.45. The minimum atomic E-state index is -0.333. The molecule has 106 valence electrons. The highest BCUT2D eigenvalue weighted by Crippen LogP contribution is 2.24. The van der Waals surface area contributed by atoms with E-state index in [1.807, 2.05) is 12.1 Å². The number of aliphatic hydroxyl groups is 1. The summed E-state index contributed by atoms with van der Waals surface area (Å²) >= 11 is 0. The molecular weight excluding hydrogens is 252 g/mol. The molecule has 0 aliphatic carbocycles. The molecule has 0 bridgehead atoms. The van der Waals surface area contributed by atoms with Gasteiger partial charge in [-0.2, -0.15) is 5.26 Å². The third-order valence-electron chi connectivity index (χ3n) is 4.29. The number of likely N-dealkylation sites (tertiary alicyclic amines) is 1. The number of hydrogen-bond donors (Lipinski definition) is 1. The van der Waals surface area contributed by atoms with Crippen molar-refractivity contribution in [3.63, 3.8) is 0 Å². The molecule has 1 aromatic heterocycles. The summed E-state index contributed by atoms with van der Waals surface area (Å²) in [6.45, 7) is 3.56. The van der Waals surface area contributed by atoms with Crippen LogP contribution in [-0.4, -0.2) is 53.3 Å². The second kappa shape index (κ2) is 5.78. The Morgan fingerprint density at radius 1 is 1.20 bits per heavy atom. The Morgan fingerprint density at radius 2 is 2.00 bits per heavy atom. The Hall–Kier alpha value is -1.64. The molecule has 1 N–H and O–H groups in total. The zero-order valence-electron chi connectivity index (χ0n) is 11.6. The van der Waals surface area contributed by atoms with Crippen LogP contribution in [0.4, 0.5) is 5.82 Å². The van der Waals surface area contributed by atoms with Gasteiger partial charge in [-0.3, -0.25) is 4.90 Å². The van der Waals surface area contributed by atoms with E-state index in [9.17, 15) is 5.11 Å². The first-order valence-electron chi connectivity index (χ1n) is 7.32. The van der Waals surface area contributed by atoms with E-state index in [1.165, 1.54) is 19.3 Å². The number of aliphatic hydroxyl groups excluding tert-OH is 1. The van der Waals surface area contributed by atoms with E-state index in [4.69, 9.17) is 5.26 Å². The van der Waals surface area contributed by atoms with Gasteiger partial charge in [-0.15, -0.1) is 0 Å². The maximum atomic E-state index is 10.3. The minimum Gasteiger partial charge on any atom is -0.390 e. The van der Waals surface area contributed by atoms with Crippen LogP contribution in [0.5, 0.6) is 0 Å². The Labute approximate surface area is 119 Å². The number of piperidine rings is 1. The van der Waals surface area contributed by atoms with Gasteiger partial charge in [0.1, 0.15) is 17.6 Å². The number of nitriles is 1. The van der Waals surface area contributed by atoms with Gasteiger partial charge in [0.15, 0.2) is 0 Å². The van der Waals surface area contributed by atoms with Crippen LogP contribution < -0.4 is 4.90 Å². The summed E-state index contributed by atoms with van der Waals surface area (Å²) in [4.78, 5) is 8.82. The monoisotopic (exact) mass is 272 g/mol. The van der Waals surface area contributed by atoms with E-state index >= 15 is 0 Å². The number of rotatable bonds is 2. The van der Waals surface area contributed by atoms with Gasteiger partial charge < -0.3 is 10.0 Å². The van der Waals surface area contributed by atoms with Crippen molar-refractivity contribution in [3.05, 3.63) is 23.9 Å². The zero-order chi connectivity index (χ0) is 13.9. The maximum Gasteiger partial charge on any atom is 0.142 e. The molecule has 20 heavy (non-hydrogen) atoms. The van der Waals surface area contributed by atoms with Crippen LogP contribution in [0.25, 0.3) is 0 Å². The van der Waals surface area contributed by atoms with Gasteiger partial charge in [-0.05, 0) is 38.1 Å². The number of nitrogens with zero attached hydrogens (tertiary/aromatic N) is 4. The first-order valence-corrected chi connectivity index (χ1v) is 7.32. The Balaban J connectivity index is 1.72. The van der Waals surface area contributed by atoms with Crippen LogP contribution in [-0.2, 0) is 0 Å². The average Bonchev–Trinajstić information content (AvgIpc) is 2.90. The highest BCUT2D eigenvalue weighted by atomic mass is 16.3. The van der Waals surface area contributed by atoms with E-state index in [0.29, 0.717) is 12.2 Å². The summed E-state index contributed by atoms with van der Waals surface area (Å²) < 4.78 is 0. The van der Waals surface area contributed by atoms with Gasteiger partial charge in [0.25, 0.3) is 0 Å². The third-order valence-corrected chi connectivity index (χ3v) is 4.29. The molecule has 5 heteroatoms. The first-order chi connectivity index (χ1) is 9.78. The average molecular weight is 272 g/mol. The molecule has 3 rings (SSSR count). The van der Waals surface area contributed by atoms with Gasteiger partial charge in [0.2, 0.25) is 0 Å². The van der Waals surface area contributed by atoms with Crippen LogP contribution in [0.2, 0.25) is 0 Å². The van der Waals surface area contributed by atoms with E-state index in [-0.39, 0.29) is 12.1 Å². The minimum absolute atomic E-state index is 0.197. The molecule has 2 fully saturated rings. The molecule has 0 unspecified atom stereocenters. The SMILES string of the molecule is N#Cc1cccc(N2C[C@H](O)[C@@H](N3CCCCC3)C2)n1. The van der Waals surface area contributed by atoms with Gasteiger partial charge in [0, 0.05) is 13.1 Å². The molecule has 3 heterocycles. The molecule has 2 aliphatic rings. The molecule has 0 saturated carbocycles. The van der Waals surface area contributed by atoms with E-state index in [1.54, 1.807) is 6.07 Å². The molecule has 5 nitrogen and oxygen atoms in total. The van der Waals surface area contributed by atoms with Crippen LogP contribution in [0.1, 0.15) is 25.0 Å². The normalized spacial score (nSPS) is 27.5. The van der Waals surface area contributed by atoms with Crippen LogP contribution in [0.15, 0.2) is 18.2 Å². The van der Waals surface area contributed by atoms with Crippen molar-refractivity contribution in [2.45, 2.75) is 31.4 Å². The van der Waals surface area contributed by atoms with E-state index in [2.05, 4.69) is 20.9 Å². The molecule has 0 radical (unpaired) electrons. The van der Waals surface area contributed by atoms with Crippen LogP contribution >= 0.6 is 0 Å². The largest absolute Gasteiger partial charge is 0.390 e. The third kappa shape index (κ3) is 2.62. The lowest BCUT2D eigenvalue weighted by atomic mass is 10.1. The number of pyridine rings is 1. The Morgan fingerprint density at radius 3 is 2.75 bits per heavy atom. The van der Waals surface area contributed by atoms with Gasteiger partial charge in [0.05, 0.1) is 12.1 Å². The van der Waals surface area contributed by atoms with Crippen molar-refractivity contribution in [3.8, 4) is 6.07 Å². The van der Waals surface area contributed by atoms with Crippen LogP contribution in [0.3, 0.4) is 0 Å². The van der Waals surface area contributed by atoms with Crippen molar-refractivity contribution in [2.75, 3.05) is 31.1 Å². The second-order valence-electron chi connectivity index (χ2n) is 5.63. The summed E-state index contributed by atoms with van der Waals surface area (Å²) in [7, 11) is 0. The highest BCUT2D eigenvalue weighted by molar-refractivity contribution is 5.43. The van der Waals surface area contributed by atoms with Gasteiger partial charge >= 0.3 is 0 Å². The van der Waals surface area contributed by atoms with Crippen molar-refractivity contribution in [1.29, 1.82) is 5.26 Å². The van der Waals surface area contributed by atoms with Crippen molar-refractivity contribution in [1.82, 2.24) is 9.88 Å². The summed E-state index contributed by atoms with van der Waals surface area (Å²) in [6.07, 6.45) is 3.42. The second-order valence-corrected chi connectivity index (χ2v) is 5.63. The van der Waals surface area contributed by atoms with Crippen LogP contribution in [0, 0.1) is 11.3 Å². The summed E-state index contributed by atoms with van der Waals surface area (Å²) in [5.41, 5.74) is 0.429. The molecule has 0 aromatic carbocycles. The van der Waals surface area contributed by atoms with E-state index < -0.39 is 0 Å². The molecule has 0 spiro atoms. The topological polar surface area (TPSA) is 63.4 Å². The number of aromatic nitrogens is 1. The van der Waals surface area contributed by atoms with Gasteiger partial charge in [-0.25, -0.2) is 4.98 Å². The quantitative estimate of drug-likeness (QED) is 0.870. The van der Waals surface area contributed by atoms with Crippen molar-refractivity contribution in [2.24, 2.45) is 0 Å². The molecule has 2 saturated heterocycles. The number of anilines is 1. The van der Waals surface area contributed by atoms with Crippen molar-refractivity contribution >= 4 is 5.82 Å². The lowest BCUT2D eigenvalue weighted by molar-refractivity contribution is 0.0706. The maximum absolute atomic E-state index is 10.3.